The van der Waals surface area contributed by atoms with Crippen LogP contribution in [0.4, 0.5) is 10.1 Å². The fourth-order valence-corrected chi connectivity index (χ4v) is 3.17. The van der Waals surface area contributed by atoms with Crippen LogP contribution in [-0.4, -0.2) is 22.0 Å². The van der Waals surface area contributed by atoms with Crippen molar-refractivity contribution in [3.8, 4) is 11.3 Å². The van der Waals surface area contributed by atoms with Gasteiger partial charge in [0.05, 0.1) is 33.0 Å². The van der Waals surface area contributed by atoms with Gasteiger partial charge in [-0.3, -0.25) is 9.59 Å². The van der Waals surface area contributed by atoms with Crippen LogP contribution in [0.1, 0.15) is 26.4 Å². The van der Waals surface area contributed by atoms with Crippen molar-refractivity contribution in [1.82, 2.24) is 10.1 Å². The molecule has 2 aromatic heterocycles. The van der Waals surface area contributed by atoms with Crippen molar-refractivity contribution in [3.63, 3.8) is 0 Å². The van der Waals surface area contributed by atoms with Crippen molar-refractivity contribution in [1.29, 1.82) is 0 Å². The smallest absolute Gasteiger partial charge is 0.259 e. The van der Waals surface area contributed by atoms with E-state index in [0.29, 0.717) is 22.3 Å². The number of hydrogen-bond acceptors (Lipinski definition) is 5. The van der Waals surface area contributed by atoms with Gasteiger partial charge < -0.3 is 15.6 Å². The number of aromatic nitrogens is 2. The summed E-state index contributed by atoms with van der Waals surface area (Å²) in [7, 11) is 0. The third-order valence-corrected chi connectivity index (χ3v) is 4.83. The number of fused-ring (bicyclic) bond motifs is 1. The van der Waals surface area contributed by atoms with Gasteiger partial charge >= 0.3 is 0 Å². The molecule has 150 valence electrons. The van der Waals surface area contributed by atoms with Crippen LogP contribution in [0.5, 0.6) is 0 Å². The summed E-state index contributed by atoms with van der Waals surface area (Å²) < 4.78 is 18.5. The number of nitrogens with zero attached hydrogens (tertiary/aromatic N) is 2. The van der Waals surface area contributed by atoms with Gasteiger partial charge in [-0.2, -0.15) is 0 Å². The Hall–Kier alpha value is -3.78. The molecule has 30 heavy (non-hydrogen) atoms. The number of carbonyl (C=O) groups excluding carboxylic acids is 2. The Kier molecular flexibility index (Phi) is 4.93. The molecule has 0 saturated heterocycles. The normalized spacial score (nSPS) is 10.9. The maximum absolute atomic E-state index is 13.3. The molecule has 7 nitrogen and oxygen atoms in total. The lowest BCUT2D eigenvalue weighted by atomic mass is 10.0. The molecule has 4 aromatic rings. The molecule has 9 heteroatoms. The highest BCUT2D eigenvalue weighted by atomic mass is 35.5. The van der Waals surface area contributed by atoms with Crippen molar-refractivity contribution in [2.75, 3.05) is 5.32 Å². The van der Waals surface area contributed by atoms with E-state index < -0.39 is 17.6 Å². The molecule has 3 N–H and O–H groups in total. The highest BCUT2D eigenvalue weighted by Crippen LogP contribution is 2.29. The van der Waals surface area contributed by atoms with Gasteiger partial charge in [0.25, 0.3) is 11.6 Å². The SMILES string of the molecule is Cc1noc2nc(-c3ccc(F)cc3)cc(C(=O)Nc3cc(C(N)=O)ccc3Cl)c12. The summed E-state index contributed by atoms with van der Waals surface area (Å²) in [4.78, 5) is 28.9. The molecule has 0 spiro atoms. The highest BCUT2D eigenvalue weighted by Gasteiger charge is 2.20. The number of pyridine rings is 1. The van der Waals surface area contributed by atoms with Crippen LogP contribution in [0.15, 0.2) is 53.1 Å². The number of anilines is 1. The Balaban J connectivity index is 1.80. The molecule has 0 saturated carbocycles. The van der Waals surface area contributed by atoms with E-state index in [0.717, 1.165) is 0 Å². The minimum absolute atomic E-state index is 0.163. The van der Waals surface area contributed by atoms with Gasteiger partial charge in [-0.25, -0.2) is 9.37 Å². The van der Waals surface area contributed by atoms with Gasteiger partial charge in [0.2, 0.25) is 5.91 Å². The van der Waals surface area contributed by atoms with E-state index in [1.807, 2.05) is 0 Å². The van der Waals surface area contributed by atoms with Gasteiger partial charge in [-0.1, -0.05) is 16.8 Å². The largest absolute Gasteiger partial charge is 0.366 e. The summed E-state index contributed by atoms with van der Waals surface area (Å²) in [6.45, 7) is 1.68. The Morgan fingerprint density at radius 2 is 1.87 bits per heavy atom. The van der Waals surface area contributed by atoms with E-state index in [1.165, 1.54) is 30.3 Å². The number of halogens is 2. The van der Waals surface area contributed by atoms with E-state index in [2.05, 4.69) is 15.5 Å². The molecule has 0 unspecified atom stereocenters. The molecule has 0 atom stereocenters. The molecular weight excluding hydrogens is 411 g/mol. The number of nitrogens with one attached hydrogen (secondary N) is 1. The monoisotopic (exact) mass is 424 g/mol. The van der Waals surface area contributed by atoms with E-state index in [9.17, 15) is 14.0 Å². The molecular formula is C21H14ClFN4O3. The average Bonchev–Trinajstić information content (AvgIpc) is 3.10. The molecule has 0 aliphatic heterocycles. The third-order valence-electron chi connectivity index (χ3n) is 4.50. The van der Waals surface area contributed by atoms with Crippen molar-refractivity contribution < 1.29 is 18.5 Å². The van der Waals surface area contributed by atoms with Crippen LogP contribution < -0.4 is 11.1 Å². The molecule has 0 radical (unpaired) electrons. The zero-order chi connectivity index (χ0) is 21.4. The predicted molar refractivity (Wildman–Crippen MR) is 110 cm³/mol. The zero-order valence-corrected chi connectivity index (χ0v) is 16.3. The summed E-state index contributed by atoms with van der Waals surface area (Å²) in [5.74, 6) is -1.56. The Morgan fingerprint density at radius 1 is 1.13 bits per heavy atom. The fourth-order valence-electron chi connectivity index (χ4n) is 3.01. The molecule has 0 aliphatic carbocycles. The number of carbonyl (C=O) groups is 2. The summed E-state index contributed by atoms with van der Waals surface area (Å²) >= 11 is 6.16. The number of amides is 2. The van der Waals surface area contributed by atoms with Gasteiger partial charge in [0, 0.05) is 11.1 Å². The van der Waals surface area contributed by atoms with Gasteiger partial charge in [-0.05, 0) is 55.5 Å². The molecule has 2 aromatic carbocycles. The van der Waals surface area contributed by atoms with E-state index in [-0.39, 0.29) is 27.6 Å². The summed E-state index contributed by atoms with van der Waals surface area (Å²) in [5.41, 5.74) is 7.59. The second-order valence-electron chi connectivity index (χ2n) is 6.52. The first-order valence-corrected chi connectivity index (χ1v) is 9.15. The summed E-state index contributed by atoms with van der Waals surface area (Å²) in [6.07, 6.45) is 0. The number of hydrogen-bond donors (Lipinski definition) is 2. The molecule has 2 amide bonds. The van der Waals surface area contributed by atoms with Crippen LogP contribution in [0.3, 0.4) is 0 Å². The minimum Gasteiger partial charge on any atom is -0.366 e. The number of nitrogens with two attached hydrogens (primary N) is 1. The van der Waals surface area contributed by atoms with Crippen LogP contribution in [-0.2, 0) is 0 Å². The number of benzene rings is 2. The number of aryl methyl sites for hydroxylation is 1. The molecule has 2 heterocycles. The maximum Gasteiger partial charge on any atom is 0.259 e. The maximum atomic E-state index is 13.3. The zero-order valence-electron chi connectivity index (χ0n) is 15.6. The minimum atomic E-state index is -0.651. The van der Waals surface area contributed by atoms with Crippen LogP contribution in [0.2, 0.25) is 5.02 Å². The van der Waals surface area contributed by atoms with Crippen molar-refractivity contribution in [2.45, 2.75) is 6.92 Å². The topological polar surface area (TPSA) is 111 Å². The number of primary amides is 1. The lowest BCUT2D eigenvalue weighted by molar-refractivity contribution is 0.0996. The quantitative estimate of drug-likeness (QED) is 0.506. The summed E-state index contributed by atoms with van der Waals surface area (Å²) in [5, 5.41) is 7.23. The second kappa shape index (κ2) is 7.57. The first-order chi connectivity index (χ1) is 14.3. The average molecular weight is 425 g/mol. The Labute approximate surface area is 174 Å². The number of rotatable bonds is 4. The van der Waals surface area contributed by atoms with Crippen LogP contribution in [0, 0.1) is 12.7 Å². The molecule has 0 aliphatic rings. The summed E-state index contributed by atoms with van der Waals surface area (Å²) in [6, 6.07) is 11.5. The predicted octanol–water partition coefficient (Wildman–Crippen LogP) is 4.34. The molecule has 4 rings (SSSR count). The van der Waals surface area contributed by atoms with Crippen molar-refractivity contribution >= 4 is 40.2 Å². The van der Waals surface area contributed by atoms with Gasteiger partial charge in [0.15, 0.2) is 0 Å². The first-order valence-electron chi connectivity index (χ1n) is 8.77. The Morgan fingerprint density at radius 3 is 2.57 bits per heavy atom. The van der Waals surface area contributed by atoms with Crippen molar-refractivity contribution in [2.24, 2.45) is 5.73 Å². The third kappa shape index (κ3) is 3.60. The standard InChI is InChI=1S/C21H14ClFN4O3/c1-10-18-14(20(29)25-17-8-12(19(24)28)4-7-15(17)22)9-16(26-21(18)30-27-10)11-2-5-13(23)6-3-11/h2-9H,1H3,(H2,24,28)(H,25,29). The van der Waals surface area contributed by atoms with Crippen LogP contribution in [0.25, 0.3) is 22.4 Å². The Bertz CT molecular complexity index is 1300. The molecule has 0 fully saturated rings. The van der Waals surface area contributed by atoms with E-state index >= 15 is 0 Å². The first kappa shape index (κ1) is 19.5. The van der Waals surface area contributed by atoms with Crippen molar-refractivity contribution in [3.05, 3.63) is 76.2 Å². The van der Waals surface area contributed by atoms with Gasteiger partial charge in [0.1, 0.15) is 5.82 Å². The highest BCUT2D eigenvalue weighted by molar-refractivity contribution is 6.34. The lowest BCUT2D eigenvalue weighted by Crippen LogP contribution is -2.15. The van der Waals surface area contributed by atoms with Gasteiger partial charge in [-0.15, -0.1) is 0 Å². The molecule has 0 bridgehead atoms. The van der Waals surface area contributed by atoms with E-state index in [4.69, 9.17) is 21.9 Å². The fraction of sp³-hybridized carbons (Fsp3) is 0.0476. The van der Waals surface area contributed by atoms with Crippen LogP contribution >= 0.6 is 11.6 Å². The lowest BCUT2D eigenvalue weighted by Gasteiger charge is -2.10. The second-order valence-corrected chi connectivity index (χ2v) is 6.93. The van der Waals surface area contributed by atoms with E-state index in [1.54, 1.807) is 25.1 Å².